The number of halogens is 1. The molecule has 0 saturated heterocycles. The number of nitrogens with one attached hydrogen (secondary N) is 1. The Labute approximate surface area is 129 Å². The summed E-state index contributed by atoms with van der Waals surface area (Å²) in [4.78, 5) is 0.240. The summed E-state index contributed by atoms with van der Waals surface area (Å²) in [6.45, 7) is 0.539. The second-order valence-corrected chi connectivity index (χ2v) is 7.04. The number of methoxy groups -OCH3 is 1. The van der Waals surface area contributed by atoms with E-state index in [2.05, 4.69) is 5.32 Å². The maximum Gasteiger partial charge on any atom is 0.175 e. The molecule has 6 heteroatoms. The van der Waals surface area contributed by atoms with Crippen molar-refractivity contribution in [2.75, 3.05) is 18.7 Å². The van der Waals surface area contributed by atoms with Gasteiger partial charge in [0, 0.05) is 12.8 Å². The molecule has 0 aliphatic heterocycles. The van der Waals surface area contributed by atoms with Crippen LogP contribution in [0.4, 0.5) is 5.69 Å². The van der Waals surface area contributed by atoms with Crippen molar-refractivity contribution in [3.05, 3.63) is 53.1 Å². The van der Waals surface area contributed by atoms with Crippen LogP contribution in [0.2, 0.25) is 5.02 Å². The fourth-order valence-corrected chi connectivity index (χ4v) is 2.64. The van der Waals surface area contributed by atoms with E-state index in [1.807, 2.05) is 24.3 Å². The molecule has 0 atom stereocenters. The van der Waals surface area contributed by atoms with Crippen LogP contribution in [-0.4, -0.2) is 21.8 Å². The highest BCUT2D eigenvalue weighted by Crippen LogP contribution is 2.26. The van der Waals surface area contributed by atoms with Crippen LogP contribution in [0.25, 0.3) is 0 Å². The van der Waals surface area contributed by atoms with Crippen molar-refractivity contribution < 1.29 is 13.2 Å². The number of anilines is 1. The van der Waals surface area contributed by atoms with Gasteiger partial charge in [-0.15, -0.1) is 0 Å². The number of hydrogen-bond acceptors (Lipinski definition) is 4. The summed E-state index contributed by atoms with van der Waals surface area (Å²) >= 11 is 6.08. The van der Waals surface area contributed by atoms with Crippen molar-refractivity contribution in [2.24, 2.45) is 0 Å². The Bertz CT molecular complexity index is 727. The van der Waals surface area contributed by atoms with E-state index in [9.17, 15) is 8.42 Å². The van der Waals surface area contributed by atoms with Gasteiger partial charge in [-0.05, 0) is 35.9 Å². The molecule has 21 heavy (non-hydrogen) atoms. The quantitative estimate of drug-likeness (QED) is 0.915. The zero-order valence-electron chi connectivity index (χ0n) is 11.8. The Morgan fingerprint density at radius 3 is 2.38 bits per heavy atom. The molecule has 0 unspecified atom stereocenters. The minimum atomic E-state index is -3.25. The third-order valence-electron chi connectivity index (χ3n) is 3.01. The van der Waals surface area contributed by atoms with Crippen LogP contribution in [0.3, 0.4) is 0 Å². The fraction of sp³-hybridized carbons (Fsp3) is 0.200. The first-order valence-corrected chi connectivity index (χ1v) is 8.53. The average molecular weight is 326 g/mol. The molecule has 0 aromatic heterocycles. The van der Waals surface area contributed by atoms with Crippen molar-refractivity contribution in [1.29, 1.82) is 0 Å². The lowest BCUT2D eigenvalue weighted by Gasteiger charge is -2.10. The van der Waals surface area contributed by atoms with E-state index in [0.717, 1.165) is 11.3 Å². The van der Waals surface area contributed by atoms with Crippen LogP contribution in [0, 0.1) is 0 Å². The van der Waals surface area contributed by atoms with Gasteiger partial charge in [0.05, 0.1) is 22.7 Å². The molecule has 0 heterocycles. The smallest absolute Gasteiger partial charge is 0.175 e. The minimum Gasteiger partial charge on any atom is -0.497 e. The summed E-state index contributed by atoms with van der Waals surface area (Å²) in [7, 11) is -1.63. The molecule has 0 radical (unpaired) electrons. The molecule has 2 aromatic carbocycles. The zero-order valence-corrected chi connectivity index (χ0v) is 13.3. The molecule has 2 aromatic rings. The number of sulfone groups is 1. The van der Waals surface area contributed by atoms with E-state index in [4.69, 9.17) is 16.3 Å². The fourth-order valence-electron chi connectivity index (χ4n) is 1.81. The first-order chi connectivity index (χ1) is 9.90. The molecular weight excluding hydrogens is 310 g/mol. The number of hydrogen-bond donors (Lipinski definition) is 1. The second-order valence-electron chi connectivity index (χ2n) is 4.62. The summed E-state index contributed by atoms with van der Waals surface area (Å²) in [5.41, 5.74) is 1.63. The molecular formula is C15H16ClNO3S. The second kappa shape index (κ2) is 6.37. The Balaban J connectivity index is 2.15. The van der Waals surface area contributed by atoms with E-state index in [0.29, 0.717) is 17.3 Å². The van der Waals surface area contributed by atoms with Crippen LogP contribution >= 0.6 is 11.6 Å². The maximum absolute atomic E-state index is 11.6. The lowest BCUT2D eigenvalue weighted by atomic mass is 10.2. The Morgan fingerprint density at radius 2 is 1.81 bits per heavy atom. The largest absolute Gasteiger partial charge is 0.497 e. The Hall–Kier alpha value is -1.72. The minimum absolute atomic E-state index is 0.240. The summed E-state index contributed by atoms with van der Waals surface area (Å²) in [6.07, 6.45) is 1.17. The highest BCUT2D eigenvalue weighted by Gasteiger charge is 2.10. The van der Waals surface area contributed by atoms with E-state index in [1.54, 1.807) is 19.2 Å². The molecule has 0 spiro atoms. The van der Waals surface area contributed by atoms with Crippen molar-refractivity contribution in [1.82, 2.24) is 0 Å². The monoisotopic (exact) mass is 325 g/mol. The highest BCUT2D eigenvalue weighted by atomic mass is 35.5. The van der Waals surface area contributed by atoms with Gasteiger partial charge in [-0.3, -0.25) is 0 Å². The SMILES string of the molecule is COc1ccc(CNc2cc(S(C)(=O)=O)ccc2Cl)cc1. The molecule has 4 nitrogen and oxygen atoms in total. The molecule has 112 valence electrons. The van der Waals surface area contributed by atoms with Crippen LogP contribution in [0.15, 0.2) is 47.4 Å². The normalized spacial score (nSPS) is 11.2. The van der Waals surface area contributed by atoms with Crippen molar-refractivity contribution >= 4 is 27.1 Å². The summed E-state index contributed by atoms with van der Waals surface area (Å²) < 4.78 is 28.2. The standard InChI is InChI=1S/C15H16ClNO3S/c1-20-12-5-3-11(4-6-12)10-17-15-9-13(21(2,18)19)7-8-14(15)16/h3-9,17H,10H2,1-2H3. The topological polar surface area (TPSA) is 55.4 Å². The molecule has 1 N–H and O–H groups in total. The lowest BCUT2D eigenvalue weighted by molar-refractivity contribution is 0.414. The van der Waals surface area contributed by atoms with Crippen molar-refractivity contribution in [3.63, 3.8) is 0 Å². The van der Waals surface area contributed by atoms with Crippen molar-refractivity contribution in [2.45, 2.75) is 11.4 Å². The number of rotatable bonds is 5. The van der Waals surface area contributed by atoms with Crippen LogP contribution < -0.4 is 10.1 Å². The van der Waals surface area contributed by atoms with Crippen LogP contribution in [-0.2, 0) is 16.4 Å². The lowest BCUT2D eigenvalue weighted by Crippen LogP contribution is -2.03. The molecule has 2 rings (SSSR count). The van der Waals surface area contributed by atoms with Gasteiger partial charge in [0.25, 0.3) is 0 Å². The number of ether oxygens (including phenoxy) is 1. The van der Waals surface area contributed by atoms with Gasteiger partial charge >= 0.3 is 0 Å². The molecule has 0 saturated carbocycles. The van der Waals surface area contributed by atoms with E-state index >= 15 is 0 Å². The molecule has 0 aliphatic rings. The van der Waals surface area contributed by atoms with Gasteiger partial charge in [0.1, 0.15) is 5.75 Å². The Kier molecular flexibility index (Phi) is 4.75. The molecule has 0 amide bonds. The average Bonchev–Trinajstić information content (AvgIpc) is 2.45. The van der Waals surface area contributed by atoms with Crippen molar-refractivity contribution in [3.8, 4) is 5.75 Å². The number of benzene rings is 2. The highest BCUT2D eigenvalue weighted by molar-refractivity contribution is 7.90. The molecule has 0 aliphatic carbocycles. The predicted octanol–water partition coefficient (Wildman–Crippen LogP) is 3.36. The third kappa shape index (κ3) is 4.12. The van der Waals surface area contributed by atoms with E-state index in [-0.39, 0.29) is 4.90 Å². The van der Waals surface area contributed by atoms with Crippen LogP contribution in [0.5, 0.6) is 5.75 Å². The molecule has 0 bridgehead atoms. The van der Waals surface area contributed by atoms with Gasteiger partial charge in [-0.2, -0.15) is 0 Å². The molecule has 0 fully saturated rings. The summed E-state index contributed by atoms with van der Waals surface area (Å²) in [5.74, 6) is 0.788. The van der Waals surface area contributed by atoms with E-state index in [1.165, 1.54) is 12.3 Å². The first-order valence-electron chi connectivity index (χ1n) is 6.26. The van der Waals surface area contributed by atoms with Gasteiger partial charge in [-0.25, -0.2) is 8.42 Å². The summed E-state index contributed by atoms with van der Waals surface area (Å²) in [6, 6.07) is 12.2. The van der Waals surface area contributed by atoms with E-state index < -0.39 is 9.84 Å². The Morgan fingerprint density at radius 1 is 1.14 bits per heavy atom. The zero-order chi connectivity index (χ0) is 15.5. The van der Waals surface area contributed by atoms with Gasteiger partial charge in [0.15, 0.2) is 9.84 Å². The van der Waals surface area contributed by atoms with Crippen LogP contribution in [0.1, 0.15) is 5.56 Å². The van der Waals surface area contributed by atoms with Gasteiger partial charge in [0.2, 0.25) is 0 Å². The first kappa shape index (κ1) is 15.7. The summed E-state index contributed by atoms with van der Waals surface area (Å²) in [5, 5.41) is 3.62. The third-order valence-corrected chi connectivity index (χ3v) is 4.45. The maximum atomic E-state index is 11.6. The van der Waals surface area contributed by atoms with Gasteiger partial charge < -0.3 is 10.1 Å². The van der Waals surface area contributed by atoms with Gasteiger partial charge in [-0.1, -0.05) is 23.7 Å². The predicted molar refractivity (Wildman–Crippen MR) is 84.9 cm³/mol.